The fourth-order valence-electron chi connectivity index (χ4n) is 2.97. The third-order valence-corrected chi connectivity index (χ3v) is 5.39. The second kappa shape index (κ2) is 6.41. The molecule has 2 unspecified atom stereocenters. The highest BCUT2D eigenvalue weighted by atomic mass is 32.1. The van der Waals surface area contributed by atoms with Gasteiger partial charge in [-0.2, -0.15) is 0 Å². The van der Waals surface area contributed by atoms with Gasteiger partial charge in [0.25, 0.3) is 0 Å². The molecule has 2 aliphatic rings. The minimum atomic E-state index is 0.463. The molecule has 5 heteroatoms. The van der Waals surface area contributed by atoms with Gasteiger partial charge in [-0.25, -0.2) is 4.98 Å². The van der Waals surface area contributed by atoms with Crippen LogP contribution in [0.15, 0.2) is 6.20 Å². The molecule has 2 atom stereocenters. The van der Waals surface area contributed by atoms with Gasteiger partial charge in [0.1, 0.15) is 0 Å². The van der Waals surface area contributed by atoms with Crippen molar-refractivity contribution in [3.8, 4) is 0 Å². The number of hydrogen-bond donors (Lipinski definition) is 1. The highest BCUT2D eigenvalue weighted by Gasteiger charge is 2.40. The summed E-state index contributed by atoms with van der Waals surface area (Å²) in [6, 6.07) is 0.543. The van der Waals surface area contributed by atoms with E-state index in [0.29, 0.717) is 12.1 Å². The molecule has 1 saturated heterocycles. The van der Waals surface area contributed by atoms with E-state index in [2.05, 4.69) is 29.0 Å². The molecule has 0 bridgehead atoms. The molecule has 20 heavy (non-hydrogen) atoms. The van der Waals surface area contributed by atoms with Gasteiger partial charge in [-0.1, -0.05) is 0 Å². The van der Waals surface area contributed by atoms with Crippen LogP contribution in [0.4, 0.5) is 5.13 Å². The minimum absolute atomic E-state index is 0.463. The van der Waals surface area contributed by atoms with E-state index in [1.807, 2.05) is 17.5 Å². The van der Waals surface area contributed by atoms with Crippen LogP contribution < -0.4 is 10.2 Å². The second-order valence-corrected chi connectivity index (χ2v) is 6.82. The maximum Gasteiger partial charge on any atom is 0.185 e. The molecule has 1 N–H and O–H groups in total. The van der Waals surface area contributed by atoms with Crippen molar-refractivity contribution in [1.29, 1.82) is 0 Å². The first-order valence-corrected chi connectivity index (χ1v) is 8.68. The largest absolute Gasteiger partial charge is 0.376 e. The van der Waals surface area contributed by atoms with Gasteiger partial charge in [0, 0.05) is 43.4 Å². The average molecular weight is 295 g/mol. The molecule has 0 spiro atoms. The summed E-state index contributed by atoms with van der Waals surface area (Å²) in [6.45, 7) is 8.26. The summed E-state index contributed by atoms with van der Waals surface area (Å²) in [7, 11) is 0. The van der Waals surface area contributed by atoms with Crippen LogP contribution in [-0.2, 0) is 11.3 Å². The van der Waals surface area contributed by atoms with Crippen LogP contribution >= 0.6 is 11.3 Å². The van der Waals surface area contributed by atoms with Gasteiger partial charge in [0.15, 0.2) is 5.13 Å². The van der Waals surface area contributed by atoms with Gasteiger partial charge in [0.05, 0.1) is 6.10 Å². The summed E-state index contributed by atoms with van der Waals surface area (Å²) in [4.78, 5) is 8.18. The third kappa shape index (κ3) is 3.15. The van der Waals surface area contributed by atoms with Gasteiger partial charge < -0.3 is 15.0 Å². The number of aromatic nitrogens is 1. The number of ether oxygens (including phenoxy) is 1. The minimum Gasteiger partial charge on any atom is -0.376 e. The zero-order valence-electron chi connectivity index (χ0n) is 12.5. The Labute approximate surface area is 125 Å². The zero-order chi connectivity index (χ0) is 13.9. The lowest BCUT2D eigenvalue weighted by Gasteiger charge is -2.19. The van der Waals surface area contributed by atoms with Crippen LogP contribution in [0.1, 0.15) is 38.0 Å². The highest BCUT2D eigenvalue weighted by molar-refractivity contribution is 7.15. The summed E-state index contributed by atoms with van der Waals surface area (Å²) < 4.78 is 5.87. The lowest BCUT2D eigenvalue weighted by Crippen LogP contribution is -2.37. The fourth-order valence-corrected chi connectivity index (χ4v) is 3.96. The number of anilines is 1. The van der Waals surface area contributed by atoms with Crippen molar-refractivity contribution in [2.45, 2.75) is 51.8 Å². The SMILES string of the molecule is CCN(CC)c1ncc(CNC2CCOC2C2CC2)s1. The molecule has 1 aromatic heterocycles. The molecular formula is C15H25N3OS. The molecule has 1 saturated carbocycles. The van der Waals surface area contributed by atoms with Crippen molar-refractivity contribution in [2.24, 2.45) is 5.92 Å². The molecule has 1 aliphatic heterocycles. The molecule has 1 aromatic rings. The quantitative estimate of drug-likeness (QED) is 0.839. The summed E-state index contributed by atoms with van der Waals surface area (Å²) >= 11 is 1.81. The van der Waals surface area contributed by atoms with E-state index in [9.17, 15) is 0 Å². The van der Waals surface area contributed by atoms with Crippen molar-refractivity contribution < 1.29 is 4.74 Å². The molecule has 112 valence electrons. The number of nitrogens with one attached hydrogen (secondary N) is 1. The summed E-state index contributed by atoms with van der Waals surface area (Å²) in [6.07, 6.45) is 6.35. The standard InChI is InChI=1S/C15H25N3OS/c1-3-18(4-2)15-17-10-12(20-15)9-16-13-7-8-19-14(13)11-5-6-11/h10-11,13-14,16H,3-9H2,1-2H3. The van der Waals surface area contributed by atoms with Crippen molar-refractivity contribution in [3.05, 3.63) is 11.1 Å². The third-order valence-electron chi connectivity index (χ3n) is 4.34. The highest BCUT2D eigenvalue weighted by Crippen LogP contribution is 2.38. The van der Waals surface area contributed by atoms with Crippen LogP contribution in [0.2, 0.25) is 0 Å². The van der Waals surface area contributed by atoms with Gasteiger partial charge in [-0.05, 0) is 39.0 Å². The Morgan fingerprint density at radius 2 is 2.15 bits per heavy atom. The molecule has 1 aliphatic carbocycles. The van der Waals surface area contributed by atoms with Gasteiger partial charge in [-0.3, -0.25) is 0 Å². The van der Waals surface area contributed by atoms with Crippen molar-refractivity contribution >= 4 is 16.5 Å². The first-order valence-electron chi connectivity index (χ1n) is 7.86. The van der Waals surface area contributed by atoms with Gasteiger partial charge in [0.2, 0.25) is 0 Å². The summed E-state index contributed by atoms with van der Waals surface area (Å²) in [5.41, 5.74) is 0. The molecule has 0 amide bonds. The predicted octanol–water partition coefficient (Wildman–Crippen LogP) is 2.65. The molecule has 2 fully saturated rings. The van der Waals surface area contributed by atoms with Crippen LogP contribution in [0.5, 0.6) is 0 Å². The van der Waals surface area contributed by atoms with Crippen molar-refractivity contribution in [2.75, 3.05) is 24.6 Å². The van der Waals surface area contributed by atoms with E-state index in [1.165, 1.54) is 17.7 Å². The Bertz CT molecular complexity index is 429. The van der Waals surface area contributed by atoms with Crippen LogP contribution in [0.25, 0.3) is 0 Å². The van der Waals surface area contributed by atoms with Crippen molar-refractivity contribution in [1.82, 2.24) is 10.3 Å². The first kappa shape index (κ1) is 14.3. The van der Waals surface area contributed by atoms with Crippen LogP contribution in [0.3, 0.4) is 0 Å². The smallest absolute Gasteiger partial charge is 0.185 e. The van der Waals surface area contributed by atoms with E-state index in [0.717, 1.165) is 43.7 Å². The molecule has 4 nitrogen and oxygen atoms in total. The Morgan fingerprint density at radius 3 is 2.85 bits per heavy atom. The maximum absolute atomic E-state index is 5.87. The van der Waals surface area contributed by atoms with Gasteiger partial charge >= 0.3 is 0 Å². The number of nitrogens with zero attached hydrogens (tertiary/aromatic N) is 2. The van der Waals surface area contributed by atoms with E-state index < -0.39 is 0 Å². The van der Waals surface area contributed by atoms with E-state index in [1.54, 1.807) is 0 Å². The molecular weight excluding hydrogens is 270 g/mol. The lowest BCUT2D eigenvalue weighted by atomic mass is 10.1. The normalized spacial score (nSPS) is 26.1. The summed E-state index contributed by atoms with van der Waals surface area (Å²) in [5.74, 6) is 0.822. The number of rotatable bonds is 7. The first-order chi connectivity index (χ1) is 9.81. The fraction of sp³-hybridized carbons (Fsp3) is 0.800. The van der Waals surface area contributed by atoms with E-state index in [4.69, 9.17) is 4.74 Å². The molecule has 0 radical (unpaired) electrons. The Morgan fingerprint density at radius 1 is 1.35 bits per heavy atom. The maximum atomic E-state index is 5.87. The predicted molar refractivity (Wildman–Crippen MR) is 83.4 cm³/mol. The second-order valence-electron chi connectivity index (χ2n) is 5.73. The van der Waals surface area contributed by atoms with Crippen LogP contribution in [-0.4, -0.2) is 36.8 Å². The summed E-state index contributed by atoms with van der Waals surface area (Å²) in [5, 5.41) is 4.83. The Kier molecular flexibility index (Phi) is 4.58. The van der Waals surface area contributed by atoms with E-state index >= 15 is 0 Å². The van der Waals surface area contributed by atoms with Gasteiger partial charge in [-0.15, -0.1) is 11.3 Å². The van der Waals surface area contributed by atoms with Crippen molar-refractivity contribution in [3.63, 3.8) is 0 Å². The molecule has 3 rings (SSSR count). The molecule has 0 aromatic carbocycles. The van der Waals surface area contributed by atoms with Crippen LogP contribution in [0, 0.1) is 5.92 Å². The lowest BCUT2D eigenvalue weighted by molar-refractivity contribution is 0.0809. The zero-order valence-corrected chi connectivity index (χ0v) is 13.3. The molecule has 2 heterocycles. The average Bonchev–Trinajstić information content (AvgIpc) is 3.02. The number of thiazole rings is 1. The van der Waals surface area contributed by atoms with E-state index in [-0.39, 0.29) is 0 Å². The Hall–Kier alpha value is -0.650. The monoisotopic (exact) mass is 295 g/mol. The number of hydrogen-bond acceptors (Lipinski definition) is 5. The Balaban J connectivity index is 1.53. The topological polar surface area (TPSA) is 37.4 Å².